The van der Waals surface area contributed by atoms with E-state index in [1.807, 2.05) is 13.2 Å². The fourth-order valence-corrected chi connectivity index (χ4v) is 3.17. The summed E-state index contributed by atoms with van der Waals surface area (Å²) in [6.07, 6.45) is 4.14. The normalized spacial score (nSPS) is 14.0. The number of hydrogen-bond donors (Lipinski definition) is 2. The summed E-state index contributed by atoms with van der Waals surface area (Å²) >= 11 is 1.62. The van der Waals surface area contributed by atoms with Crippen LogP contribution in [0.4, 0.5) is 0 Å². The van der Waals surface area contributed by atoms with Crippen LogP contribution in [0.2, 0.25) is 0 Å². The molecular formula is C8H15N3O2S2. The maximum Gasteiger partial charge on any atom is 0.257 e. The number of nitrogens with one attached hydrogen (secondary N) is 2. The lowest BCUT2D eigenvalue weighted by Gasteiger charge is -2.14. The first kappa shape index (κ1) is 12.5. The van der Waals surface area contributed by atoms with Crippen molar-refractivity contribution < 1.29 is 8.42 Å². The van der Waals surface area contributed by atoms with Gasteiger partial charge in [-0.3, -0.25) is 5.10 Å². The standard InChI is InChI=1S/C8H15N3O2S2/c1-3-7(6-14-2)11-15(12,13)8-4-5-9-10-8/h4-5,7,11H,3,6H2,1-2H3,(H,9,10). The second-order valence-corrected chi connectivity index (χ2v) is 5.70. The van der Waals surface area contributed by atoms with Gasteiger partial charge in [0.1, 0.15) is 0 Å². The van der Waals surface area contributed by atoms with E-state index in [1.54, 1.807) is 11.8 Å². The zero-order valence-corrected chi connectivity index (χ0v) is 10.4. The number of hydrogen-bond acceptors (Lipinski definition) is 4. The molecule has 0 saturated heterocycles. The van der Waals surface area contributed by atoms with Crippen LogP contribution in [0.3, 0.4) is 0 Å². The quantitative estimate of drug-likeness (QED) is 0.783. The Bertz CT molecular complexity index is 375. The van der Waals surface area contributed by atoms with Crippen molar-refractivity contribution in [3.8, 4) is 0 Å². The first-order chi connectivity index (χ1) is 7.10. The summed E-state index contributed by atoms with van der Waals surface area (Å²) < 4.78 is 26.1. The van der Waals surface area contributed by atoms with Crippen LogP contribution in [-0.2, 0) is 10.0 Å². The van der Waals surface area contributed by atoms with Crippen molar-refractivity contribution in [2.75, 3.05) is 12.0 Å². The third-order valence-corrected chi connectivity index (χ3v) is 4.13. The molecule has 5 nitrogen and oxygen atoms in total. The van der Waals surface area contributed by atoms with Crippen molar-refractivity contribution >= 4 is 21.8 Å². The fourth-order valence-electron chi connectivity index (χ4n) is 1.11. The number of nitrogens with zero attached hydrogens (tertiary/aromatic N) is 1. The summed E-state index contributed by atoms with van der Waals surface area (Å²) in [5.41, 5.74) is 0. The predicted octanol–water partition coefficient (Wildman–Crippen LogP) is 0.830. The van der Waals surface area contributed by atoms with Gasteiger partial charge in [-0.2, -0.15) is 16.9 Å². The molecule has 86 valence electrons. The summed E-state index contributed by atoms with van der Waals surface area (Å²) in [5, 5.41) is 6.17. The van der Waals surface area contributed by atoms with E-state index in [1.165, 1.54) is 12.3 Å². The summed E-state index contributed by atoms with van der Waals surface area (Å²) in [5.74, 6) is 0.768. The smallest absolute Gasteiger partial charge is 0.257 e. The van der Waals surface area contributed by atoms with Gasteiger partial charge in [-0.15, -0.1) is 0 Å². The fraction of sp³-hybridized carbons (Fsp3) is 0.625. The molecule has 0 radical (unpaired) electrons. The molecule has 1 unspecified atom stereocenters. The average Bonchev–Trinajstić information content (AvgIpc) is 2.70. The molecule has 0 aliphatic carbocycles. The second kappa shape index (κ2) is 5.53. The summed E-state index contributed by atoms with van der Waals surface area (Å²) in [4.78, 5) is 0. The Morgan fingerprint density at radius 2 is 2.40 bits per heavy atom. The molecule has 0 amide bonds. The number of H-pyrrole nitrogens is 1. The molecular weight excluding hydrogens is 234 g/mol. The van der Waals surface area contributed by atoms with Gasteiger partial charge in [0, 0.05) is 11.8 Å². The number of aromatic nitrogens is 2. The Labute approximate surface area is 94.1 Å². The van der Waals surface area contributed by atoms with Crippen molar-refractivity contribution in [3.05, 3.63) is 12.3 Å². The first-order valence-electron chi connectivity index (χ1n) is 4.60. The van der Waals surface area contributed by atoms with E-state index >= 15 is 0 Å². The second-order valence-electron chi connectivity index (χ2n) is 3.10. The van der Waals surface area contributed by atoms with E-state index in [9.17, 15) is 8.42 Å². The molecule has 0 spiro atoms. The Morgan fingerprint density at radius 3 is 2.87 bits per heavy atom. The number of aromatic amines is 1. The van der Waals surface area contributed by atoms with Gasteiger partial charge in [-0.25, -0.2) is 13.1 Å². The first-order valence-corrected chi connectivity index (χ1v) is 7.48. The topological polar surface area (TPSA) is 74.8 Å². The van der Waals surface area contributed by atoms with E-state index < -0.39 is 10.0 Å². The van der Waals surface area contributed by atoms with Gasteiger partial charge in [0.05, 0.1) is 6.20 Å². The highest BCUT2D eigenvalue weighted by Crippen LogP contribution is 2.07. The van der Waals surface area contributed by atoms with E-state index in [0.29, 0.717) is 0 Å². The molecule has 0 aliphatic heterocycles. The summed E-state index contributed by atoms with van der Waals surface area (Å²) in [7, 11) is -3.43. The Hall–Kier alpha value is -0.530. The van der Waals surface area contributed by atoms with Crippen LogP contribution in [0.25, 0.3) is 0 Å². The zero-order chi connectivity index (χ0) is 11.3. The van der Waals surface area contributed by atoms with E-state index in [2.05, 4.69) is 14.9 Å². The monoisotopic (exact) mass is 249 g/mol. The molecule has 1 aromatic heterocycles. The number of sulfonamides is 1. The van der Waals surface area contributed by atoms with E-state index in [-0.39, 0.29) is 11.1 Å². The highest BCUT2D eigenvalue weighted by atomic mass is 32.2. The lowest BCUT2D eigenvalue weighted by atomic mass is 10.3. The van der Waals surface area contributed by atoms with Crippen LogP contribution in [0.5, 0.6) is 0 Å². The molecule has 1 rings (SSSR count). The minimum absolute atomic E-state index is 0.0340. The summed E-state index contributed by atoms with van der Waals surface area (Å²) in [6, 6.07) is 1.40. The van der Waals surface area contributed by atoms with Gasteiger partial charge in [0.25, 0.3) is 10.0 Å². The highest BCUT2D eigenvalue weighted by Gasteiger charge is 2.19. The highest BCUT2D eigenvalue weighted by molar-refractivity contribution is 7.98. The Balaban J connectivity index is 2.72. The van der Waals surface area contributed by atoms with Crippen LogP contribution in [0.15, 0.2) is 17.3 Å². The van der Waals surface area contributed by atoms with Gasteiger partial charge >= 0.3 is 0 Å². The number of rotatable bonds is 6. The molecule has 1 aromatic rings. The van der Waals surface area contributed by atoms with Crippen molar-refractivity contribution in [2.45, 2.75) is 24.4 Å². The Morgan fingerprint density at radius 1 is 1.67 bits per heavy atom. The maximum absolute atomic E-state index is 11.7. The molecule has 0 aromatic carbocycles. The molecule has 1 atom stereocenters. The molecule has 7 heteroatoms. The molecule has 15 heavy (non-hydrogen) atoms. The van der Waals surface area contributed by atoms with Gasteiger partial charge in [0.2, 0.25) is 0 Å². The van der Waals surface area contributed by atoms with Crippen molar-refractivity contribution in [2.24, 2.45) is 0 Å². The van der Waals surface area contributed by atoms with Crippen molar-refractivity contribution in [3.63, 3.8) is 0 Å². The summed E-state index contributed by atoms with van der Waals surface area (Å²) in [6.45, 7) is 1.95. The van der Waals surface area contributed by atoms with E-state index in [4.69, 9.17) is 0 Å². The SMILES string of the molecule is CCC(CSC)NS(=O)(=O)c1ccn[nH]1. The van der Waals surface area contributed by atoms with Gasteiger partial charge < -0.3 is 0 Å². The minimum atomic E-state index is -3.43. The van der Waals surface area contributed by atoms with Gasteiger partial charge in [-0.05, 0) is 18.7 Å². The van der Waals surface area contributed by atoms with Gasteiger partial charge in [0.15, 0.2) is 5.03 Å². The maximum atomic E-state index is 11.7. The van der Waals surface area contributed by atoms with Crippen LogP contribution in [0.1, 0.15) is 13.3 Å². The molecule has 0 saturated carbocycles. The third-order valence-electron chi connectivity index (χ3n) is 1.95. The third kappa shape index (κ3) is 3.51. The molecule has 2 N–H and O–H groups in total. The van der Waals surface area contributed by atoms with Crippen molar-refractivity contribution in [1.82, 2.24) is 14.9 Å². The van der Waals surface area contributed by atoms with Crippen LogP contribution in [0, 0.1) is 0 Å². The van der Waals surface area contributed by atoms with E-state index in [0.717, 1.165) is 12.2 Å². The van der Waals surface area contributed by atoms with Crippen molar-refractivity contribution in [1.29, 1.82) is 0 Å². The van der Waals surface area contributed by atoms with Crippen LogP contribution in [-0.4, -0.2) is 36.7 Å². The lowest BCUT2D eigenvalue weighted by molar-refractivity contribution is 0.554. The Kier molecular flexibility index (Phi) is 4.62. The molecule has 0 aliphatic rings. The zero-order valence-electron chi connectivity index (χ0n) is 8.73. The van der Waals surface area contributed by atoms with Gasteiger partial charge in [-0.1, -0.05) is 6.92 Å². The molecule has 0 fully saturated rings. The number of thioether (sulfide) groups is 1. The average molecular weight is 249 g/mol. The predicted molar refractivity (Wildman–Crippen MR) is 61.4 cm³/mol. The van der Waals surface area contributed by atoms with Crippen LogP contribution < -0.4 is 4.72 Å². The van der Waals surface area contributed by atoms with Crippen LogP contribution >= 0.6 is 11.8 Å². The molecule has 1 heterocycles. The minimum Gasteiger partial charge on any atom is -0.266 e. The lowest BCUT2D eigenvalue weighted by Crippen LogP contribution is -2.36. The molecule has 0 bridgehead atoms. The largest absolute Gasteiger partial charge is 0.266 e.